The zero-order valence-electron chi connectivity index (χ0n) is 12.0. The molecular formula is C16H18N4O. The van der Waals surface area contributed by atoms with E-state index in [1.165, 1.54) is 0 Å². The Balaban J connectivity index is 1.82. The molecule has 1 amide bonds. The van der Waals surface area contributed by atoms with Crippen LogP contribution in [0.5, 0.6) is 0 Å². The molecule has 108 valence electrons. The van der Waals surface area contributed by atoms with Crippen molar-refractivity contribution in [2.24, 2.45) is 0 Å². The van der Waals surface area contributed by atoms with Gasteiger partial charge in [-0.1, -0.05) is 18.2 Å². The molecule has 3 rings (SSSR count). The molecule has 1 heterocycles. The Hall–Kier alpha value is -2.43. The van der Waals surface area contributed by atoms with E-state index < -0.39 is 0 Å². The highest BCUT2D eigenvalue weighted by Crippen LogP contribution is 2.23. The van der Waals surface area contributed by atoms with Gasteiger partial charge in [-0.15, -0.1) is 0 Å². The van der Waals surface area contributed by atoms with Crippen LogP contribution in [-0.4, -0.2) is 28.5 Å². The van der Waals surface area contributed by atoms with Crippen LogP contribution in [0.3, 0.4) is 0 Å². The van der Waals surface area contributed by atoms with Gasteiger partial charge < -0.3 is 10.2 Å². The molecule has 21 heavy (non-hydrogen) atoms. The highest BCUT2D eigenvalue weighted by molar-refractivity contribution is 6.04. The number of carbonyl (C=O) groups excluding carboxylic acids is 1. The molecule has 1 N–H and O–H groups in total. The molecule has 0 bridgehead atoms. The van der Waals surface area contributed by atoms with Crippen molar-refractivity contribution in [2.45, 2.75) is 25.8 Å². The number of aromatic nitrogens is 2. The summed E-state index contributed by atoms with van der Waals surface area (Å²) >= 11 is 0. The second-order valence-corrected chi connectivity index (χ2v) is 5.07. The number of hydrogen-bond donors (Lipinski definition) is 1. The lowest BCUT2D eigenvalue weighted by Gasteiger charge is -2.20. The standard InChI is InChI=1S/C16H18N4O/c1-2-20(13-6-4-3-5-7-13)15(21)14-10-11-17-16(19-14)18-12-8-9-12/h3-7,10-12H,2,8-9H2,1H3,(H,17,18,19). The molecule has 0 atom stereocenters. The Morgan fingerprint density at radius 1 is 1.29 bits per heavy atom. The Kier molecular flexibility index (Phi) is 3.81. The van der Waals surface area contributed by atoms with Gasteiger partial charge in [0.2, 0.25) is 5.95 Å². The maximum absolute atomic E-state index is 12.6. The van der Waals surface area contributed by atoms with Crippen molar-refractivity contribution in [1.82, 2.24) is 9.97 Å². The van der Waals surface area contributed by atoms with Crippen LogP contribution in [0.4, 0.5) is 11.6 Å². The maximum atomic E-state index is 12.6. The van der Waals surface area contributed by atoms with Crippen LogP contribution in [0, 0.1) is 0 Å². The number of carbonyl (C=O) groups is 1. The van der Waals surface area contributed by atoms with Crippen LogP contribution in [0.1, 0.15) is 30.3 Å². The van der Waals surface area contributed by atoms with Gasteiger partial charge in [-0.2, -0.15) is 0 Å². The van der Waals surface area contributed by atoms with E-state index in [2.05, 4.69) is 15.3 Å². The second kappa shape index (κ2) is 5.91. The number of para-hydroxylation sites is 1. The summed E-state index contributed by atoms with van der Waals surface area (Å²) in [6.45, 7) is 2.55. The zero-order chi connectivity index (χ0) is 14.7. The number of nitrogens with zero attached hydrogens (tertiary/aromatic N) is 3. The van der Waals surface area contributed by atoms with Crippen LogP contribution in [0.2, 0.25) is 0 Å². The van der Waals surface area contributed by atoms with E-state index in [1.807, 2.05) is 37.3 Å². The summed E-state index contributed by atoms with van der Waals surface area (Å²) in [7, 11) is 0. The molecular weight excluding hydrogens is 264 g/mol. The molecule has 0 unspecified atom stereocenters. The SMILES string of the molecule is CCN(C(=O)c1ccnc(NC2CC2)n1)c1ccccc1. The first kappa shape index (κ1) is 13.5. The number of amides is 1. The molecule has 2 aromatic rings. The minimum Gasteiger partial charge on any atom is -0.351 e. The van der Waals surface area contributed by atoms with Crippen molar-refractivity contribution in [1.29, 1.82) is 0 Å². The molecule has 0 radical (unpaired) electrons. The molecule has 1 fully saturated rings. The van der Waals surface area contributed by atoms with Gasteiger partial charge in [0, 0.05) is 24.5 Å². The lowest BCUT2D eigenvalue weighted by Crippen LogP contribution is -2.31. The lowest BCUT2D eigenvalue weighted by molar-refractivity contribution is 0.0983. The Morgan fingerprint density at radius 3 is 2.71 bits per heavy atom. The average molecular weight is 282 g/mol. The van der Waals surface area contributed by atoms with E-state index in [9.17, 15) is 4.79 Å². The first-order valence-electron chi connectivity index (χ1n) is 7.24. The smallest absolute Gasteiger partial charge is 0.277 e. The number of hydrogen-bond acceptors (Lipinski definition) is 4. The Labute approximate surface area is 124 Å². The normalized spacial score (nSPS) is 13.8. The van der Waals surface area contributed by atoms with Crippen molar-refractivity contribution in [3.63, 3.8) is 0 Å². The molecule has 1 aromatic carbocycles. The summed E-state index contributed by atoms with van der Waals surface area (Å²) in [6, 6.07) is 11.7. The summed E-state index contributed by atoms with van der Waals surface area (Å²) in [5, 5.41) is 3.21. The van der Waals surface area contributed by atoms with Crippen molar-refractivity contribution in [2.75, 3.05) is 16.8 Å². The van der Waals surface area contributed by atoms with Crippen molar-refractivity contribution < 1.29 is 4.79 Å². The van der Waals surface area contributed by atoms with E-state index >= 15 is 0 Å². The van der Waals surface area contributed by atoms with E-state index in [-0.39, 0.29) is 5.91 Å². The summed E-state index contributed by atoms with van der Waals surface area (Å²) in [5.74, 6) is 0.428. The van der Waals surface area contributed by atoms with E-state index in [4.69, 9.17) is 0 Å². The van der Waals surface area contributed by atoms with Gasteiger partial charge in [-0.05, 0) is 38.0 Å². The lowest BCUT2D eigenvalue weighted by atomic mass is 10.2. The van der Waals surface area contributed by atoms with E-state index in [0.29, 0.717) is 24.2 Å². The minimum atomic E-state index is -0.107. The van der Waals surface area contributed by atoms with Gasteiger partial charge in [-0.25, -0.2) is 9.97 Å². The van der Waals surface area contributed by atoms with E-state index in [0.717, 1.165) is 18.5 Å². The van der Waals surface area contributed by atoms with Gasteiger partial charge in [0.1, 0.15) is 5.69 Å². The van der Waals surface area contributed by atoms with Crippen LogP contribution in [0.15, 0.2) is 42.6 Å². The summed E-state index contributed by atoms with van der Waals surface area (Å²) in [5.41, 5.74) is 1.29. The van der Waals surface area contributed by atoms with Gasteiger partial charge >= 0.3 is 0 Å². The molecule has 0 aliphatic heterocycles. The highest BCUT2D eigenvalue weighted by Gasteiger charge is 2.23. The third-order valence-corrected chi connectivity index (χ3v) is 3.41. The number of anilines is 2. The molecule has 5 nitrogen and oxygen atoms in total. The van der Waals surface area contributed by atoms with Crippen LogP contribution in [-0.2, 0) is 0 Å². The van der Waals surface area contributed by atoms with Crippen LogP contribution < -0.4 is 10.2 Å². The van der Waals surface area contributed by atoms with Crippen molar-refractivity contribution in [3.05, 3.63) is 48.3 Å². The van der Waals surface area contributed by atoms with Gasteiger partial charge in [0.05, 0.1) is 0 Å². The van der Waals surface area contributed by atoms with Gasteiger partial charge in [0.15, 0.2) is 0 Å². The monoisotopic (exact) mass is 282 g/mol. The number of nitrogens with one attached hydrogen (secondary N) is 1. The van der Waals surface area contributed by atoms with Gasteiger partial charge in [0.25, 0.3) is 5.91 Å². The third-order valence-electron chi connectivity index (χ3n) is 3.41. The third kappa shape index (κ3) is 3.18. The van der Waals surface area contributed by atoms with Crippen LogP contribution in [0.25, 0.3) is 0 Å². The quantitative estimate of drug-likeness (QED) is 0.916. The zero-order valence-corrected chi connectivity index (χ0v) is 12.0. The molecule has 5 heteroatoms. The van der Waals surface area contributed by atoms with Crippen molar-refractivity contribution >= 4 is 17.5 Å². The fraction of sp³-hybridized carbons (Fsp3) is 0.312. The second-order valence-electron chi connectivity index (χ2n) is 5.07. The van der Waals surface area contributed by atoms with Crippen molar-refractivity contribution in [3.8, 4) is 0 Å². The van der Waals surface area contributed by atoms with Crippen LogP contribution >= 0.6 is 0 Å². The summed E-state index contributed by atoms with van der Waals surface area (Å²) in [4.78, 5) is 22.9. The molecule has 0 spiro atoms. The Morgan fingerprint density at radius 2 is 2.05 bits per heavy atom. The molecule has 1 aliphatic carbocycles. The minimum absolute atomic E-state index is 0.107. The molecule has 1 aliphatic rings. The fourth-order valence-corrected chi connectivity index (χ4v) is 2.15. The number of benzene rings is 1. The molecule has 1 saturated carbocycles. The summed E-state index contributed by atoms with van der Waals surface area (Å²) < 4.78 is 0. The molecule has 1 aromatic heterocycles. The summed E-state index contributed by atoms with van der Waals surface area (Å²) in [6.07, 6.45) is 3.92. The highest BCUT2D eigenvalue weighted by atomic mass is 16.2. The van der Waals surface area contributed by atoms with Gasteiger partial charge in [-0.3, -0.25) is 4.79 Å². The fourth-order valence-electron chi connectivity index (χ4n) is 2.15. The Bertz CT molecular complexity index is 625. The largest absolute Gasteiger partial charge is 0.351 e. The first-order valence-corrected chi connectivity index (χ1v) is 7.24. The topological polar surface area (TPSA) is 58.1 Å². The number of rotatable bonds is 5. The predicted octanol–water partition coefficient (Wildman–Crippen LogP) is 2.72. The maximum Gasteiger partial charge on any atom is 0.277 e. The predicted molar refractivity (Wildman–Crippen MR) is 82.5 cm³/mol. The molecule has 0 saturated heterocycles. The first-order chi connectivity index (χ1) is 10.3. The van der Waals surface area contributed by atoms with E-state index in [1.54, 1.807) is 17.2 Å². The average Bonchev–Trinajstić information content (AvgIpc) is 3.33.